The molecule has 0 radical (unpaired) electrons. The lowest BCUT2D eigenvalue weighted by molar-refractivity contribution is 0.0680. The van der Waals surface area contributed by atoms with Crippen molar-refractivity contribution >= 4 is 21.9 Å². The number of carbonyl (C=O) groups is 1. The lowest BCUT2D eigenvalue weighted by atomic mass is 10.3. The van der Waals surface area contributed by atoms with Crippen LogP contribution in [0.3, 0.4) is 0 Å². The lowest BCUT2D eigenvalue weighted by Crippen LogP contribution is -2.12. The summed E-state index contributed by atoms with van der Waals surface area (Å²) in [5.74, 6) is -0.965. The molecule has 12 heavy (non-hydrogen) atoms. The Kier molecular flexibility index (Phi) is 2.52. The van der Waals surface area contributed by atoms with E-state index in [4.69, 9.17) is 5.11 Å². The molecule has 1 aromatic heterocycles. The second-order valence-electron chi connectivity index (χ2n) is 2.68. The molecule has 5 heteroatoms. The van der Waals surface area contributed by atoms with Crippen molar-refractivity contribution in [2.24, 2.45) is 0 Å². The molecule has 0 unspecified atom stereocenters. The molecule has 0 spiro atoms. The van der Waals surface area contributed by atoms with Gasteiger partial charge in [-0.1, -0.05) is 0 Å². The largest absolute Gasteiger partial charge is 0.476 e. The highest BCUT2D eigenvalue weighted by atomic mass is 79.9. The van der Waals surface area contributed by atoms with E-state index in [0.717, 1.165) is 0 Å². The van der Waals surface area contributed by atoms with Crippen LogP contribution in [-0.2, 0) is 0 Å². The van der Waals surface area contributed by atoms with Crippen LogP contribution >= 0.6 is 15.9 Å². The molecule has 0 saturated heterocycles. The monoisotopic (exact) mass is 232 g/mol. The maximum absolute atomic E-state index is 10.7. The molecule has 1 aromatic rings. The standard InChI is InChI=1S/C7H9BrN2O2/c1-4(2)10-6(7(11)12)5(8)3-9-10/h3-4H,1-2H3,(H,11,12). The van der Waals surface area contributed by atoms with Crippen LogP contribution in [0.4, 0.5) is 0 Å². The van der Waals surface area contributed by atoms with E-state index in [1.54, 1.807) is 0 Å². The molecule has 1 rings (SSSR count). The lowest BCUT2D eigenvalue weighted by Gasteiger charge is -2.07. The van der Waals surface area contributed by atoms with Crippen LogP contribution in [0.25, 0.3) is 0 Å². The molecule has 0 fully saturated rings. The van der Waals surface area contributed by atoms with Gasteiger partial charge in [-0.15, -0.1) is 0 Å². The Labute approximate surface area is 78.3 Å². The van der Waals surface area contributed by atoms with Crippen molar-refractivity contribution in [2.45, 2.75) is 19.9 Å². The number of halogens is 1. The summed E-state index contributed by atoms with van der Waals surface area (Å²) in [6, 6.07) is 0.0578. The average molecular weight is 233 g/mol. The molecule has 0 bridgehead atoms. The van der Waals surface area contributed by atoms with Gasteiger partial charge in [0.2, 0.25) is 0 Å². The number of nitrogens with zero attached hydrogens (tertiary/aromatic N) is 2. The molecule has 0 aliphatic heterocycles. The molecule has 1 heterocycles. The van der Waals surface area contributed by atoms with Gasteiger partial charge in [0.1, 0.15) is 0 Å². The molecule has 66 valence electrons. The maximum atomic E-state index is 10.7. The van der Waals surface area contributed by atoms with E-state index in [0.29, 0.717) is 4.47 Å². The van der Waals surface area contributed by atoms with Gasteiger partial charge >= 0.3 is 5.97 Å². The second kappa shape index (κ2) is 3.26. The van der Waals surface area contributed by atoms with Gasteiger partial charge in [-0.25, -0.2) is 4.79 Å². The van der Waals surface area contributed by atoms with Crippen LogP contribution in [0.1, 0.15) is 30.4 Å². The Bertz CT molecular complexity index is 306. The number of carboxylic acids is 1. The third-order valence-electron chi connectivity index (χ3n) is 1.44. The fourth-order valence-electron chi connectivity index (χ4n) is 0.933. The molecule has 0 aliphatic carbocycles. The van der Waals surface area contributed by atoms with Crippen molar-refractivity contribution < 1.29 is 9.90 Å². The van der Waals surface area contributed by atoms with Crippen LogP contribution in [-0.4, -0.2) is 20.9 Å². The fraction of sp³-hybridized carbons (Fsp3) is 0.429. The summed E-state index contributed by atoms with van der Waals surface area (Å²) in [7, 11) is 0. The van der Waals surface area contributed by atoms with Gasteiger partial charge in [-0.3, -0.25) is 4.68 Å². The zero-order valence-corrected chi connectivity index (χ0v) is 8.37. The minimum Gasteiger partial charge on any atom is -0.476 e. The number of aromatic carboxylic acids is 1. The molecule has 0 aromatic carbocycles. The van der Waals surface area contributed by atoms with Crippen molar-refractivity contribution in [3.8, 4) is 0 Å². The summed E-state index contributed by atoms with van der Waals surface area (Å²) >= 11 is 3.12. The van der Waals surface area contributed by atoms with Gasteiger partial charge in [0.05, 0.1) is 10.7 Å². The molecule has 0 atom stereocenters. The normalized spacial score (nSPS) is 10.7. The summed E-state index contributed by atoms with van der Waals surface area (Å²) in [5, 5.41) is 12.7. The number of aromatic nitrogens is 2. The first-order valence-electron chi connectivity index (χ1n) is 3.50. The Hall–Kier alpha value is -0.840. The average Bonchev–Trinajstić information content (AvgIpc) is 2.30. The van der Waals surface area contributed by atoms with Crippen LogP contribution in [0.5, 0.6) is 0 Å². The maximum Gasteiger partial charge on any atom is 0.355 e. The van der Waals surface area contributed by atoms with Gasteiger partial charge in [-0.05, 0) is 29.8 Å². The summed E-state index contributed by atoms with van der Waals surface area (Å²) < 4.78 is 1.98. The summed E-state index contributed by atoms with van der Waals surface area (Å²) in [5.41, 5.74) is 0.199. The van der Waals surface area contributed by atoms with E-state index >= 15 is 0 Å². The van der Waals surface area contributed by atoms with Crippen molar-refractivity contribution in [1.82, 2.24) is 9.78 Å². The van der Waals surface area contributed by atoms with Crippen molar-refractivity contribution in [3.63, 3.8) is 0 Å². The summed E-state index contributed by atoms with van der Waals surface area (Å²) in [6.07, 6.45) is 1.49. The molecule has 0 aliphatic rings. The molecule has 0 saturated carbocycles. The first-order chi connectivity index (χ1) is 5.54. The van der Waals surface area contributed by atoms with E-state index < -0.39 is 5.97 Å². The minimum atomic E-state index is -0.965. The van der Waals surface area contributed by atoms with Gasteiger partial charge in [0.25, 0.3) is 0 Å². The van der Waals surface area contributed by atoms with E-state index in [1.165, 1.54) is 10.9 Å². The van der Waals surface area contributed by atoms with Crippen molar-refractivity contribution in [2.75, 3.05) is 0 Å². The van der Waals surface area contributed by atoms with Crippen LogP contribution in [0.2, 0.25) is 0 Å². The third kappa shape index (κ3) is 1.50. The number of carboxylic acid groups (broad SMARTS) is 1. The van der Waals surface area contributed by atoms with E-state index in [9.17, 15) is 4.79 Å². The Morgan fingerprint density at radius 3 is 2.67 bits per heavy atom. The molecular weight excluding hydrogens is 224 g/mol. The molecular formula is C7H9BrN2O2. The number of rotatable bonds is 2. The highest BCUT2D eigenvalue weighted by molar-refractivity contribution is 9.10. The predicted octanol–water partition coefficient (Wildman–Crippen LogP) is 1.92. The first kappa shape index (κ1) is 9.25. The summed E-state index contributed by atoms with van der Waals surface area (Å²) in [4.78, 5) is 10.7. The van der Waals surface area contributed by atoms with Gasteiger partial charge < -0.3 is 5.11 Å². The van der Waals surface area contributed by atoms with Gasteiger partial charge in [0.15, 0.2) is 5.69 Å². The second-order valence-corrected chi connectivity index (χ2v) is 3.54. The van der Waals surface area contributed by atoms with E-state index in [1.807, 2.05) is 13.8 Å². The highest BCUT2D eigenvalue weighted by Crippen LogP contribution is 2.18. The van der Waals surface area contributed by atoms with Gasteiger partial charge in [-0.2, -0.15) is 5.10 Å². The van der Waals surface area contributed by atoms with Crippen molar-refractivity contribution in [3.05, 3.63) is 16.4 Å². The minimum absolute atomic E-state index is 0.0578. The molecule has 0 amide bonds. The van der Waals surface area contributed by atoms with Gasteiger partial charge in [0, 0.05) is 6.04 Å². The highest BCUT2D eigenvalue weighted by Gasteiger charge is 2.17. The topological polar surface area (TPSA) is 55.1 Å². The zero-order valence-electron chi connectivity index (χ0n) is 6.78. The van der Waals surface area contributed by atoms with E-state index in [2.05, 4.69) is 21.0 Å². The summed E-state index contributed by atoms with van der Waals surface area (Å²) in [6.45, 7) is 3.76. The smallest absolute Gasteiger partial charge is 0.355 e. The SMILES string of the molecule is CC(C)n1ncc(Br)c1C(=O)O. The number of hydrogen-bond donors (Lipinski definition) is 1. The van der Waals surface area contributed by atoms with E-state index in [-0.39, 0.29) is 11.7 Å². The third-order valence-corrected chi connectivity index (χ3v) is 2.02. The van der Waals surface area contributed by atoms with Crippen molar-refractivity contribution in [1.29, 1.82) is 0 Å². The predicted molar refractivity (Wildman–Crippen MR) is 47.3 cm³/mol. The number of hydrogen-bond acceptors (Lipinski definition) is 2. The molecule has 4 nitrogen and oxygen atoms in total. The fourth-order valence-corrected chi connectivity index (χ4v) is 1.38. The van der Waals surface area contributed by atoms with Crippen LogP contribution in [0, 0.1) is 0 Å². The molecule has 1 N–H and O–H groups in total. The Morgan fingerprint density at radius 1 is 1.75 bits per heavy atom. The Balaban J connectivity index is 3.21. The quantitative estimate of drug-likeness (QED) is 0.848. The first-order valence-corrected chi connectivity index (χ1v) is 4.29. The zero-order chi connectivity index (χ0) is 9.30. The van der Waals surface area contributed by atoms with Crippen LogP contribution in [0.15, 0.2) is 10.7 Å². The Morgan fingerprint density at radius 2 is 2.33 bits per heavy atom. The van der Waals surface area contributed by atoms with Crippen LogP contribution < -0.4 is 0 Å².